The van der Waals surface area contributed by atoms with Crippen molar-refractivity contribution in [1.82, 2.24) is 4.98 Å². The number of carbonyl (C=O) groups is 2. The largest absolute Gasteiger partial charge is 0.466 e. The number of rotatable bonds is 6. The molecule has 1 aromatic carbocycles. The third-order valence-corrected chi connectivity index (χ3v) is 4.97. The molecule has 0 aliphatic rings. The number of carbonyl (C=O) groups excluding carboxylic acids is 2. The lowest BCUT2D eigenvalue weighted by molar-refractivity contribution is -0.138. The number of amidine groups is 1. The van der Waals surface area contributed by atoms with Gasteiger partial charge >= 0.3 is 11.9 Å². The molecule has 0 radical (unpaired) electrons. The number of para-hydroxylation sites is 1. The van der Waals surface area contributed by atoms with E-state index in [1.54, 1.807) is 0 Å². The van der Waals surface area contributed by atoms with Gasteiger partial charge in [0.1, 0.15) is 11.4 Å². The average Bonchev–Trinajstić information content (AvgIpc) is 3.04. The molecular formula is C22H29N3O4S. The quantitative estimate of drug-likeness (QED) is 0.311. The zero-order valence-corrected chi connectivity index (χ0v) is 19.3. The standard InChI is InChI=1S/C22H29N3O4S/c1-21(2,3)13-22(4,5)25-18(14(19(27)29-7)12-17(26)28-6)24-20-23-15-10-8-9-11-16(15)30-20/h8-12H,13H2,1-7H3,(H,23,24,25)/b14-12+. The summed E-state index contributed by atoms with van der Waals surface area (Å²) in [7, 11) is 2.50. The van der Waals surface area contributed by atoms with E-state index in [9.17, 15) is 9.59 Å². The van der Waals surface area contributed by atoms with Crippen LogP contribution in [0.4, 0.5) is 5.13 Å². The number of benzene rings is 1. The van der Waals surface area contributed by atoms with Crippen LogP contribution in [0.15, 0.2) is 40.9 Å². The fourth-order valence-corrected chi connectivity index (χ4v) is 4.20. The lowest BCUT2D eigenvalue weighted by Gasteiger charge is -2.30. The Hall–Kier alpha value is -2.74. The minimum absolute atomic E-state index is 0.00542. The van der Waals surface area contributed by atoms with Gasteiger partial charge < -0.3 is 14.8 Å². The molecule has 1 N–H and O–H groups in total. The summed E-state index contributed by atoms with van der Waals surface area (Å²) < 4.78 is 10.6. The molecule has 0 atom stereocenters. The van der Waals surface area contributed by atoms with Crippen LogP contribution in [0, 0.1) is 5.41 Å². The molecule has 162 valence electrons. The monoisotopic (exact) mass is 431 g/mol. The number of ether oxygens (including phenoxy) is 2. The van der Waals surface area contributed by atoms with Gasteiger partial charge in [0.15, 0.2) is 5.13 Å². The maximum absolute atomic E-state index is 12.5. The zero-order valence-electron chi connectivity index (χ0n) is 18.5. The van der Waals surface area contributed by atoms with Crippen molar-refractivity contribution in [2.24, 2.45) is 10.4 Å². The number of aromatic nitrogens is 1. The first kappa shape index (κ1) is 23.5. The fourth-order valence-electron chi connectivity index (χ4n) is 3.33. The van der Waals surface area contributed by atoms with Crippen LogP contribution in [0.3, 0.4) is 0 Å². The van der Waals surface area contributed by atoms with E-state index in [0.29, 0.717) is 5.13 Å². The van der Waals surface area contributed by atoms with Gasteiger partial charge in [-0.1, -0.05) is 44.2 Å². The van der Waals surface area contributed by atoms with Gasteiger partial charge in [0.2, 0.25) is 0 Å². The van der Waals surface area contributed by atoms with Crippen LogP contribution in [-0.4, -0.2) is 42.5 Å². The Bertz CT molecular complexity index is 951. The third kappa shape index (κ3) is 6.66. The van der Waals surface area contributed by atoms with Crippen molar-refractivity contribution in [2.75, 3.05) is 19.5 Å². The molecule has 0 amide bonds. The van der Waals surface area contributed by atoms with Crippen LogP contribution >= 0.6 is 11.3 Å². The van der Waals surface area contributed by atoms with Crippen molar-refractivity contribution >= 4 is 44.5 Å². The number of hydrogen-bond donors (Lipinski definition) is 1. The predicted molar refractivity (Wildman–Crippen MR) is 121 cm³/mol. The topological polar surface area (TPSA) is 89.9 Å². The van der Waals surface area contributed by atoms with Gasteiger partial charge in [0.05, 0.1) is 30.0 Å². The highest BCUT2D eigenvalue weighted by molar-refractivity contribution is 7.22. The lowest BCUT2D eigenvalue weighted by atomic mass is 9.82. The number of nitrogens with zero attached hydrogens (tertiary/aromatic N) is 2. The fraction of sp³-hybridized carbons (Fsp3) is 0.455. The summed E-state index contributed by atoms with van der Waals surface area (Å²) in [5, 5.41) is 3.69. The van der Waals surface area contributed by atoms with Crippen molar-refractivity contribution in [2.45, 2.75) is 46.6 Å². The van der Waals surface area contributed by atoms with Crippen LogP contribution < -0.4 is 5.32 Å². The second-order valence-corrected chi connectivity index (χ2v) is 9.73. The third-order valence-electron chi connectivity index (χ3n) is 4.02. The first-order valence-electron chi connectivity index (χ1n) is 9.55. The van der Waals surface area contributed by atoms with E-state index in [1.807, 2.05) is 38.1 Å². The predicted octanol–water partition coefficient (Wildman–Crippen LogP) is 4.59. The molecule has 0 saturated heterocycles. The molecule has 2 aromatic rings. The second-order valence-electron chi connectivity index (χ2n) is 8.69. The molecule has 0 aliphatic carbocycles. The highest BCUT2D eigenvalue weighted by atomic mass is 32.1. The maximum Gasteiger partial charge on any atom is 0.341 e. The van der Waals surface area contributed by atoms with E-state index in [1.165, 1.54) is 25.6 Å². The Balaban J connectivity index is 2.57. The van der Waals surface area contributed by atoms with Crippen LogP contribution in [0.2, 0.25) is 0 Å². The molecule has 0 unspecified atom stereocenters. The van der Waals surface area contributed by atoms with E-state index in [0.717, 1.165) is 22.7 Å². The molecule has 0 bridgehead atoms. The lowest BCUT2D eigenvalue weighted by Crippen LogP contribution is -2.31. The molecule has 0 saturated carbocycles. The Morgan fingerprint density at radius 2 is 1.80 bits per heavy atom. The van der Waals surface area contributed by atoms with Crippen LogP contribution in [0.5, 0.6) is 0 Å². The molecule has 1 aromatic heterocycles. The van der Waals surface area contributed by atoms with Gasteiger partial charge in [-0.2, -0.15) is 0 Å². The highest BCUT2D eigenvalue weighted by Crippen LogP contribution is 2.31. The molecule has 2 rings (SSSR count). The van der Waals surface area contributed by atoms with Gasteiger partial charge in [-0.3, -0.25) is 4.99 Å². The van der Waals surface area contributed by atoms with E-state index >= 15 is 0 Å². The summed E-state index contributed by atoms with van der Waals surface area (Å²) >= 11 is 1.43. The summed E-state index contributed by atoms with van der Waals surface area (Å²) in [4.78, 5) is 33.8. The van der Waals surface area contributed by atoms with Gasteiger partial charge in [-0.15, -0.1) is 0 Å². The van der Waals surface area contributed by atoms with Gasteiger partial charge in [0.25, 0.3) is 0 Å². The van der Waals surface area contributed by atoms with Crippen molar-refractivity contribution < 1.29 is 19.1 Å². The summed E-state index contributed by atoms with van der Waals surface area (Å²) in [5.74, 6) is -1.16. The molecule has 1 heterocycles. The molecule has 0 spiro atoms. The number of fused-ring (bicyclic) bond motifs is 1. The maximum atomic E-state index is 12.5. The first-order chi connectivity index (χ1) is 13.9. The zero-order chi connectivity index (χ0) is 22.5. The van der Waals surface area contributed by atoms with Crippen molar-refractivity contribution in [3.63, 3.8) is 0 Å². The van der Waals surface area contributed by atoms with Crippen LogP contribution in [-0.2, 0) is 19.1 Å². The summed E-state index contributed by atoms with van der Waals surface area (Å²) in [6.07, 6.45) is 1.83. The Morgan fingerprint density at radius 3 is 2.37 bits per heavy atom. The number of methoxy groups -OCH3 is 2. The van der Waals surface area contributed by atoms with Crippen molar-refractivity contribution in [3.05, 3.63) is 35.9 Å². The summed E-state index contributed by atoms with van der Waals surface area (Å²) in [5.41, 5.74) is 0.284. The summed E-state index contributed by atoms with van der Waals surface area (Å²) in [6.45, 7) is 10.3. The Kier molecular flexibility index (Phi) is 7.36. The normalized spacial score (nSPS) is 13.3. The number of thiazole rings is 1. The van der Waals surface area contributed by atoms with Crippen LogP contribution in [0.25, 0.3) is 10.2 Å². The second kappa shape index (κ2) is 9.38. The number of esters is 2. The molecule has 0 fully saturated rings. The molecule has 0 aliphatic heterocycles. The molecular weight excluding hydrogens is 402 g/mol. The molecule has 8 heteroatoms. The molecule has 7 nitrogen and oxygen atoms in total. The van der Waals surface area contributed by atoms with Crippen molar-refractivity contribution in [1.29, 1.82) is 0 Å². The average molecular weight is 432 g/mol. The van der Waals surface area contributed by atoms with E-state index in [4.69, 9.17) is 14.5 Å². The molecule has 30 heavy (non-hydrogen) atoms. The Labute approximate surface area is 181 Å². The SMILES string of the molecule is COC(=O)/C=C(/C(=O)OC)C(=NC(C)(C)CC(C)(C)C)Nc1nc2ccccc2s1. The van der Waals surface area contributed by atoms with Crippen LogP contribution in [0.1, 0.15) is 41.0 Å². The van der Waals surface area contributed by atoms with E-state index in [2.05, 4.69) is 31.1 Å². The first-order valence-corrected chi connectivity index (χ1v) is 10.4. The Morgan fingerprint density at radius 1 is 1.13 bits per heavy atom. The number of nitrogens with one attached hydrogen (secondary N) is 1. The minimum atomic E-state index is -0.695. The number of aliphatic imine (C=N–C) groups is 1. The van der Waals surface area contributed by atoms with E-state index < -0.39 is 17.5 Å². The number of anilines is 1. The van der Waals surface area contributed by atoms with Crippen molar-refractivity contribution in [3.8, 4) is 0 Å². The minimum Gasteiger partial charge on any atom is -0.466 e. The summed E-state index contributed by atoms with van der Waals surface area (Å²) in [6, 6.07) is 7.71. The highest BCUT2D eigenvalue weighted by Gasteiger charge is 2.28. The van der Waals surface area contributed by atoms with E-state index in [-0.39, 0.29) is 16.8 Å². The van der Waals surface area contributed by atoms with Gasteiger partial charge in [-0.05, 0) is 37.8 Å². The van der Waals surface area contributed by atoms with Gasteiger partial charge in [0, 0.05) is 6.08 Å². The van der Waals surface area contributed by atoms with Gasteiger partial charge in [-0.25, -0.2) is 14.6 Å². The smallest absolute Gasteiger partial charge is 0.341 e. The number of hydrogen-bond acceptors (Lipinski definition) is 7.